The van der Waals surface area contributed by atoms with Gasteiger partial charge in [0.05, 0.1) is 0 Å². The molecule has 10 nitrogen and oxygen atoms in total. The van der Waals surface area contributed by atoms with Gasteiger partial charge in [-0.1, -0.05) is 0 Å². The molecule has 0 amide bonds. The van der Waals surface area contributed by atoms with Gasteiger partial charge >= 0.3 is 5.82 Å². The van der Waals surface area contributed by atoms with Crippen molar-refractivity contribution in [1.82, 2.24) is 30.4 Å². The first-order chi connectivity index (χ1) is 11.7. The molecule has 0 aliphatic carbocycles. The summed E-state index contributed by atoms with van der Waals surface area (Å²) in [5.74, 6) is 0.766. The minimum absolute atomic E-state index is 0. The van der Waals surface area contributed by atoms with Gasteiger partial charge in [-0.25, -0.2) is 9.55 Å². The first-order valence-corrected chi connectivity index (χ1v) is 8.69. The second kappa shape index (κ2) is 14.2. The number of aromatic nitrogens is 2. The quantitative estimate of drug-likeness (QED) is 0.381. The number of nitro groups is 1. The van der Waals surface area contributed by atoms with Crippen molar-refractivity contribution in [1.29, 1.82) is 0 Å². The molecule has 1 saturated heterocycles. The van der Waals surface area contributed by atoms with Gasteiger partial charge in [0.1, 0.15) is 12.7 Å². The monoisotopic (exact) mass is 456 g/mol. The molecule has 0 spiro atoms. The summed E-state index contributed by atoms with van der Waals surface area (Å²) in [6, 6.07) is 0. The Bertz CT molecular complexity index is 501. The van der Waals surface area contributed by atoms with Crippen LogP contribution in [0.1, 0.15) is 12.2 Å². The van der Waals surface area contributed by atoms with E-state index < -0.39 is 0 Å². The van der Waals surface area contributed by atoms with E-state index in [1.165, 1.54) is 6.20 Å². The van der Waals surface area contributed by atoms with Gasteiger partial charge in [0.15, 0.2) is 5.82 Å². The number of rotatable bonds is 4. The van der Waals surface area contributed by atoms with Gasteiger partial charge in [-0.2, -0.15) is 0 Å². The largest absolute Gasteiger partial charge is 0.412 e. The molecule has 1 aromatic heterocycles. The predicted octanol–water partition coefficient (Wildman–Crippen LogP) is -1.25. The van der Waals surface area contributed by atoms with Crippen LogP contribution in [0.25, 0.3) is 0 Å². The van der Waals surface area contributed by atoms with E-state index in [2.05, 4.69) is 25.8 Å². The van der Waals surface area contributed by atoms with Crippen molar-refractivity contribution < 1.29 is 30.5 Å². The topological polar surface area (TPSA) is 132 Å². The smallest absolute Gasteiger partial charge is 0.342 e. The van der Waals surface area contributed by atoms with Gasteiger partial charge in [0.2, 0.25) is 0 Å². The second-order valence-electron chi connectivity index (χ2n) is 6.02. The Hall–Kier alpha value is -0.941. The molecule has 0 aromatic carbocycles. The van der Waals surface area contributed by atoms with Crippen molar-refractivity contribution in [2.45, 2.75) is 19.9 Å². The maximum absolute atomic E-state index is 11.1. The van der Waals surface area contributed by atoms with Crippen LogP contribution < -0.4 is 16.0 Å². The van der Waals surface area contributed by atoms with Crippen LogP contribution in [0.4, 0.5) is 5.82 Å². The molecule has 26 heavy (non-hydrogen) atoms. The Kier molecular flexibility index (Phi) is 13.6. The first kappa shape index (κ1) is 25.1. The Morgan fingerprint density at radius 2 is 1.69 bits per heavy atom. The van der Waals surface area contributed by atoms with Gasteiger partial charge in [0, 0.05) is 72.8 Å². The summed E-state index contributed by atoms with van der Waals surface area (Å²) < 4.78 is 1.69. The Morgan fingerprint density at radius 1 is 1.08 bits per heavy atom. The van der Waals surface area contributed by atoms with Crippen molar-refractivity contribution >= 4 is 5.82 Å². The summed E-state index contributed by atoms with van der Waals surface area (Å²) in [6.45, 7) is 11.0. The van der Waals surface area contributed by atoms with Gasteiger partial charge in [-0.3, -0.25) is 4.90 Å². The van der Waals surface area contributed by atoms with Crippen LogP contribution >= 0.6 is 0 Å². The first-order valence-electron chi connectivity index (χ1n) is 8.69. The number of imidazole rings is 1. The van der Waals surface area contributed by atoms with Crippen LogP contribution in [0.2, 0.25) is 0 Å². The van der Waals surface area contributed by atoms with Crippen molar-refractivity contribution in [3.63, 3.8) is 0 Å². The molecule has 1 aliphatic heterocycles. The molecule has 151 valence electrons. The Labute approximate surface area is 167 Å². The number of aryl methyl sites for hydroxylation is 1. The molecule has 1 radical (unpaired) electrons. The average Bonchev–Trinajstić information content (AvgIpc) is 2.94. The molecule has 5 N–H and O–H groups in total. The Balaban J connectivity index is 0.00000312. The summed E-state index contributed by atoms with van der Waals surface area (Å²) in [5, 5.41) is 21.3. The van der Waals surface area contributed by atoms with Crippen LogP contribution in [0.3, 0.4) is 0 Å². The fourth-order valence-corrected chi connectivity index (χ4v) is 2.85. The third-order valence-electron chi connectivity index (χ3n) is 4.25. The van der Waals surface area contributed by atoms with E-state index in [0.717, 1.165) is 65.3 Å². The molecular weight excluding hydrogens is 425 g/mol. The molecule has 2 rings (SSSR count). The molecule has 1 aliphatic rings. The molecule has 11 heteroatoms. The molecule has 1 aromatic rings. The maximum Gasteiger partial charge on any atom is 0.342 e. The maximum atomic E-state index is 11.1. The van der Waals surface area contributed by atoms with Crippen molar-refractivity contribution in [2.24, 2.45) is 0 Å². The second-order valence-corrected chi connectivity index (χ2v) is 6.02. The number of hydrogen-bond donors (Lipinski definition) is 3. The van der Waals surface area contributed by atoms with E-state index >= 15 is 0 Å². The SMILES string of the molecule is Cc1ncc([N+](=O)[O-])n1CCN1CCCNCCNCCNCC1.O.[99Tc]. The third-order valence-corrected chi connectivity index (χ3v) is 4.25. The van der Waals surface area contributed by atoms with E-state index in [9.17, 15) is 10.1 Å². The van der Waals surface area contributed by atoms with Gasteiger partial charge in [0.25, 0.3) is 0 Å². The number of hydrogen-bond acceptors (Lipinski definition) is 7. The number of nitrogens with one attached hydrogen (secondary N) is 3. The number of nitrogens with zero attached hydrogens (tertiary/aromatic N) is 4. The minimum atomic E-state index is -0.363. The standard InChI is InChI=1S/C15H29N7O2.H2O.Tc/c1-14-19-13-15(22(23)24)21(14)12-11-20-9-2-3-16-4-5-17-6-7-18-8-10-20;;/h13,16-18H,2-12H2,1H3;1H2;/i;;1+1. The molecule has 2 heterocycles. The zero-order chi connectivity index (χ0) is 17.2. The van der Waals surface area contributed by atoms with Crippen LogP contribution in [-0.4, -0.2) is 83.8 Å². The van der Waals surface area contributed by atoms with E-state index in [1.807, 2.05) is 6.92 Å². The minimum Gasteiger partial charge on any atom is -0.412 e. The molecule has 0 atom stereocenters. The van der Waals surface area contributed by atoms with Crippen LogP contribution in [0.15, 0.2) is 6.20 Å². The molecule has 0 bridgehead atoms. The normalized spacial score (nSPS) is 17.7. The fraction of sp³-hybridized carbons (Fsp3) is 0.800. The molecular formula is C15H31N7O3Tc. The zero-order valence-corrected chi connectivity index (χ0v) is 17.2. The third kappa shape index (κ3) is 8.63. The van der Waals surface area contributed by atoms with Crippen molar-refractivity contribution in [3.05, 3.63) is 22.1 Å². The molecule has 1 fully saturated rings. The fourth-order valence-electron chi connectivity index (χ4n) is 2.85. The Morgan fingerprint density at radius 3 is 2.35 bits per heavy atom. The predicted molar refractivity (Wildman–Crippen MR) is 96.9 cm³/mol. The van der Waals surface area contributed by atoms with E-state index in [-0.39, 0.29) is 36.3 Å². The summed E-state index contributed by atoms with van der Waals surface area (Å²) in [7, 11) is 0. The van der Waals surface area contributed by atoms with E-state index in [0.29, 0.717) is 12.4 Å². The summed E-state index contributed by atoms with van der Waals surface area (Å²) in [4.78, 5) is 17.2. The molecule has 0 saturated carbocycles. The van der Waals surface area contributed by atoms with E-state index in [4.69, 9.17) is 0 Å². The zero-order valence-electron chi connectivity index (χ0n) is 15.3. The van der Waals surface area contributed by atoms with E-state index in [1.54, 1.807) is 4.57 Å². The van der Waals surface area contributed by atoms with Crippen molar-refractivity contribution in [3.8, 4) is 0 Å². The van der Waals surface area contributed by atoms with Crippen LogP contribution in [-0.2, 0) is 26.7 Å². The summed E-state index contributed by atoms with van der Waals surface area (Å²) >= 11 is 0. The van der Waals surface area contributed by atoms with Crippen molar-refractivity contribution in [2.75, 3.05) is 58.9 Å². The van der Waals surface area contributed by atoms with Gasteiger partial charge in [-0.05, 0) is 24.4 Å². The van der Waals surface area contributed by atoms with Crippen LogP contribution in [0, 0.1) is 17.0 Å². The van der Waals surface area contributed by atoms with Gasteiger partial charge < -0.3 is 31.5 Å². The summed E-state index contributed by atoms with van der Waals surface area (Å²) in [6.07, 6.45) is 2.42. The molecule has 0 unspecified atom stereocenters. The average molecular weight is 456 g/mol. The van der Waals surface area contributed by atoms with Crippen LogP contribution in [0.5, 0.6) is 0 Å². The van der Waals surface area contributed by atoms with Gasteiger partial charge in [-0.15, -0.1) is 0 Å². The summed E-state index contributed by atoms with van der Waals surface area (Å²) in [5.41, 5.74) is 0.